The summed E-state index contributed by atoms with van der Waals surface area (Å²) < 4.78 is 7.38. The van der Waals surface area contributed by atoms with Crippen molar-refractivity contribution in [1.29, 1.82) is 0 Å². The molecule has 5 aliphatic rings. The highest BCUT2D eigenvalue weighted by Crippen LogP contribution is 2.67. The zero-order valence-electron chi connectivity index (χ0n) is 29.1. The van der Waals surface area contributed by atoms with Gasteiger partial charge in [-0.15, -0.1) is 0 Å². The van der Waals surface area contributed by atoms with Crippen LogP contribution in [0.1, 0.15) is 139 Å². The number of likely N-dealkylation sites (tertiary alicyclic amines) is 1. The second kappa shape index (κ2) is 12.6. The first-order valence-corrected chi connectivity index (χ1v) is 20.6. The number of carbonyl (C=O) groups excluding carboxylic acids is 1. The van der Waals surface area contributed by atoms with Crippen molar-refractivity contribution in [3.63, 3.8) is 0 Å². The molecule has 0 bridgehead atoms. The quantitative estimate of drug-likeness (QED) is 0.195. The topological polar surface area (TPSA) is 29.5 Å². The van der Waals surface area contributed by atoms with Crippen LogP contribution in [0, 0.1) is 46.3 Å². The van der Waals surface area contributed by atoms with E-state index in [-0.39, 0.29) is 0 Å². The average Bonchev–Trinajstić information content (AvgIpc) is 3.31. The van der Waals surface area contributed by atoms with Gasteiger partial charge in [0.1, 0.15) is 0 Å². The van der Waals surface area contributed by atoms with Crippen LogP contribution in [0.5, 0.6) is 0 Å². The van der Waals surface area contributed by atoms with Crippen molar-refractivity contribution >= 4 is 14.2 Å². The van der Waals surface area contributed by atoms with E-state index >= 15 is 0 Å². The summed E-state index contributed by atoms with van der Waals surface area (Å²) in [5.41, 5.74) is 2.86. The largest absolute Gasteiger partial charge is 0.413 e. The Kier molecular flexibility index (Phi) is 9.87. The van der Waals surface area contributed by atoms with Gasteiger partial charge in [0.2, 0.25) is 14.2 Å². The van der Waals surface area contributed by atoms with Gasteiger partial charge in [0, 0.05) is 25.6 Å². The Morgan fingerprint density at radius 1 is 0.833 bits per heavy atom. The zero-order chi connectivity index (χ0) is 30.4. The SMILES string of the molecule is CC(CCC(=O)N1CCCCC1)C1CCC2C3C=CC4CC(O[Si](C(C)C)(C(C)C)C(C)C)CCC4(C)C3CCC12C. The van der Waals surface area contributed by atoms with E-state index in [0.29, 0.717) is 51.3 Å². The fourth-order valence-electron chi connectivity index (χ4n) is 12.2. The Balaban J connectivity index is 1.25. The average molecular weight is 598 g/mol. The van der Waals surface area contributed by atoms with Gasteiger partial charge >= 0.3 is 0 Å². The lowest BCUT2D eigenvalue weighted by Crippen LogP contribution is -2.55. The summed E-state index contributed by atoms with van der Waals surface area (Å²) in [6.45, 7) is 24.4. The van der Waals surface area contributed by atoms with Crippen molar-refractivity contribution in [2.75, 3.05) is 13.1 Å². The molecule has 9 unspecified atom stereocenters. The van der Waals surface area contributed by atoms with Crippen LogP contribution in [-0.2, 0) is 9.22 Å². The van der Waals surface area contributed by atoms with Gasteiger partial charge in [0.25, 0.3) is 0 Å². The summed E-state index contributed by atoms with van der Waals surface area (Å²) in [5.74, 6) is 4.95. The number of amides is 1. The van der Waals surface area contributed by atoms with Crippen LogP contribution in [0.25, 0.3) is 0 Å². The highest BCUT2D eigenvalue weighted by atomic mass is 28.4. The number of rotatable bonds is 9. The Labute approximate surface area is 261 Å². The van der Waals surface area contributed by atoms with Crippen molar-refractivity contribution < 1.29 is 9.22 Å². The van der Waals surface area contributed by atoms with Crippen molar-refractivity contribution in [3.8, 4) is 0 Å². The van der Waals surface area contributed by atoms with Gasteiger partial charge in [-0.1, -0.05) is 74.5 Å². The molecule has 5 rings (SSSR count). The summed E-state index contributed by atoms with van der Waals surface area (Å²) >= 11 is 0. The Morgan fingerprint density at radius 2 is 1.45 bits per heavy atom. The van der Waals surface area contributed by atoms with Gasteiger partial charge in [-0.3, -0.25) is 4.79 Å². The van der Waals surface area contributed by atoms with E-state index in [9.17, 15) is 4.79 Å². The van der Waals surface area contributed by atoms with E-state index in [2.05, 4.69) is 79.4 Å². The third-order valence-electron chi connectivity index (χ3n) is 14.5. The molecule has 4 fully saturated rings. The molecule has 9 atom stereocenters. The minimum absolute atomic E-state index is 0.425. The van der Waals surface area contributed by atoms with E-state index in [1.807, 2.05) is 0 Å². The van der Waals surface area contributed by atoms with Crippen LogP contribution >= 0.6 is 0 Å². The first kappa shape index (κ1) is 32.8. The van der Waals surface area contributed by atoms with E-state index in [0.717, 1.165) is 49.6 Å². The van der Waals surface area contributed by atoms with Crippen LogP contribution in [0.3, 0.4) is 0 Å². The molecule has 0 aromatic carbocycles. The van der Waals surface area contributed by atoms with Crippen molar-refractivity contribution in [3.05, 3.63) is 12.2 Å². The summed E-state index contributed by atoms with van der Waals surface area (Å²) in [4.78, 5) is 15.1. The highest BCUT2D eigenvalue weighted by Gasteiger charge is 2.60. The lowest BCUT2D eigenvalue weighted by atomic mass is 9.46. The molecule has 3 saturated carbocycles. The standard InChI is InChI=1S/C38H67NO2Si/c1-26(2)42(27(3)4,28(5)6)41-31-19-21-37(8)30(25-31)14-15-32-34-17-16-33(38(34,9)22-20-35(32)37)29(7)13-18-36(40)39-23-11-10-12-24-39/h14-15,26-35H,10-13,16-25H2,1-9H3. The molecular weight excluding hydrogens is 531 g/mol. The molecule has 0 spiro atoms. The zero-order valence-corrected chi connectivity index (χ0v) is 30.1. The Hall–Kier alpha value is -0.613. The third kappa shape index (κ3) is 5.65. The smallest absolute Gasteiger partial charge is 0.222 e. The minimum Gasteiger partial charge on any atom is -0.413 e. The number of piperidine rings is 1. The number of hydrogen-bond donors (Lipinski definition) is 0. The van der Waals surface area contributed by atoms with Gasteiger partial charge in [0.05, 0.1) is 0 Å². The molecule has 4 aliphatic carbocycles. The van der Waals surface area contributed by atoms with E-state index in [1.165, 1.54) is 64.2 Å². The number of carbonyl (C=O) groups is 1. The second-order valence-electron chi connectivity index (χ2n) is 17.3. The maximum absolute atomic E-state index is 12.9. The molecule has 0 aromatic rings. The molecule has 0 radical (unpaired) electrons. The molecule has 1 saturated heterocycles. The van der Waals surface area contributed by atoms with Crippen molar-refractivity contribution in [2.24, 2.45) is 46.3 Å². The van der Waals surface area contributed by atoms with Gasteiger partial charge < -0.3 is 9.33 Å². The normalized spacial score (nSPS) is 39.4. The van der Waals surface area contributed by atoms with E-state index in [4.69, 9.17) is 4.43 Å². The van der Waals surface area contributed by atoms with Crippen LogP contribution in [0.2, 0.25) is 16.6 Å². The second-order valence-corrected chi connectivity index (χ2v) is 22.7. The maximum Gasteiger partial charge on any atom is 0.222 e. The number of nitrogens with zero attached hydrogens (tertiary/aromatic N) is 1. The number of fused-ring (bicyclic) bond motifs is 5. The minimum atomic E-state index is -1.85. The first-order chi connectivity index (χ1) is 19.8. The summed E-state index contributed by atoms with van der Waals surface area (Å²) in [6, 6.07) is 0. The molecule has 240 valence electrons. The predicted octanol–water partition coefficient (Wildman–Crippen LogP) is 10.4. The van der Waals surface area contributed by atoms with Crippen LogP contribution in [0.15, 0.2) is 12.2 Å². The van der Waals surface area contributed by atoms with Crippen molar-refractivity contribution in [2.45, 2.75) is 162 Å². The van der Waals surface area contributed by atoms with Gasteiger partial charge in [-0.2, -0.15) is 0 Å². The number of hydrogen-bond acceptors (Lipinski definition) is 2. The van der Waals surface area contributed by atoms with E-state index < -0.39 is 8.32 Å². The molecule has 1 heterocycles. The maximum atomic E-state index is 12.9. The molecule has 3 nitrogen and oxygen atoms in total. The van der Waals surface area contributed by atoms with Gasteiger partial charge in [-0.25, -0.2) is 0 Å². The third-order valence-corrected chi connectivity index (χ3v) is 20.6. The fraction of sp³-hybridized carbons (Fsp3) is 0.921. The summed E-state index contributed by atoms with van der Waals surface area (Å²) in [6.07, 6.45) is 20.8. The Morgan fingerprint density at radius 3 is 2.10 bits per heavy atom. The summed E-state index contributed by atoms with van der Waals surface area (Å²) in [5, 5.41) is 0. The van der Waals surface area contributed by atoms with Gasteiger partial charge in [-0.05, 0) is 134 Å². The molecule has 4 heteroatoms. The van der Waals surface area contributed by atoms with Crippen LogP contribution in [-0.4, -0.2) is 38.3 Å². The predicted molar refractivity (Wildman–Crippen MR) is 180 cm³/mol. The first-order valence-electron chi connectivity index (χ1n) is 18.5. The molecule has 0 aromatic heterocycles. The summed E-state index contributed by atoms with van der Waals surface area (Å²) in [7, 11) is -1.85. The van der Waals surface area contributed by atoms with Crippen molar-refractivity contribution in [1.82, 2.24) is 4.90 Å². The molecule has 1 amide bonds. The van der Waals surface area contributed by atoms with Crippen LogP contribution < -0.4 is 0 Å². The fourth-order valence-corrected chi connectivity index (χ4v) is 17.8. The lowest BCUT2D eigenvalue weighted by Gasteiger charge is -2.59. The molecular formula is C38H67NO2Si. The van der Waals surface area contributed by atoms with Crippen LogP contribution in [0.4, 0.5) is 0 Å². The monoisotopic (exact) mass is 597 g/mol. The van der Waals surface area contributed by atoms with Gasteiger partial charge in [0.15, 0.2) is 0 Å². The molecule has 0 N–H and O–H groups in total. The highest BCUT2D eigenvalue weighted by molar-refractivity contribution is 6.77. The lowest BCUT2D eigenvalue weighted by molar-refractivity contribution is -0.132. The molecule has 42 heavy (non-hydrogen) atoms. The van der Waals surface area contributed by atoms with E-state index in [1.54, 1.807) is 0 Å². The number of allylic oxidation sites excluding steroid dienone is 2. The Bertz CT molecular complexity index is 946. The molecule has 1 aliphatic heterocycles.